The second-order valence-electron chi connectivity index (χ2n) is 5.11. The van der Waals surface area contributed by atoms with Gasteiger partial charge in [-0.05, 0) is 12.8 Å². The molecule has 18 heavy (non-hydrogen) atoms. The lowest BCUT2D eigenvalue weighted by atomic mass is 9.88. The van der Waals surface area contributed by atoms with E-state index in [1.165, 1.54) is 0 Å². The molecular weight excluding hydrogens is 232 g/mol. The first-order chi connectivity index (χ1) is 8.69. The average Bonchev–Trinajstić information content (AvgIpc) is 2.89. The van der Waals surface area contributed by atoms with Crippen molar-refractivity contribution >= 4 is 0 Å². The fourth-order valence-electron chi connectivity index (χ4n) is 2.91. The molecule has 0 aromatic heterocycles. The van der Waals surface area contributed by atoms with Gasteiger partial charge in [0.05, 0.1) is 37.6 Å². The van der Waals surface area contributed by atoms with Gasteiger partial charge in [-0.25, -0.2) is 0 Å². The van der Waals surface area contributed by atoms with Crippen LogP contribution in [0.5, 0.6) is 0 Å². The second-order valence-corrected chi connectivity index (χ2v) is 5.11. The van der Waals surface area contributed by atoms with Crippen LogP contribution in [0.1, 0.15) is 12.8 Å². The highest BCUT2D eigenvalue weighted by Crippen LogP contribution is 2.38. The lowest BCUT2D eigenvalue weighted by molar-refractivity contribution is -0.00113. The minimum atomic E-state index is -0.479. The van der Waals surface area contributed by atoms with Crippen LogP contribution in [0.15, 0.2) is 25.3 Å². The standard InChI is InChI=1S/C14H22O4/c1-3-5-11(15)9-7-17-14-10(8-18-13(9)14)12(16)6-4-2/h3-4,9-16H,1-2,5-8H2/t9-,10-,11-,12?,13-,14-/m1/s1. The van der Waals surface area contributed by atoms with E-state index in [2.05, 4.69) is 13.2 Å². The highest BCUT2D eigenvalue weighted by molar-refractivity contribution is 4.99. The fraction of sp³-hybridized carbons (Fsp3) is 0.714. The Kier molecular flexibility index (Phi) is 4.56. The molecule has 0 radical (unpaired) electrons. The Bertz CT molecular complexity index is 274. The SMILES string of the molecule is C=CCC(O)[C@H]1CO[C@@H]2[C@@H]([C@H](O)CC=C)CO[C@@H]21. The number of ether oxygens (including phenoxy) is 2. The van der Waals surface area contributed by atoms with Crippen LogP contribution >= 0.6 is 0 Å². The molecule has 0 saturated carbocycles. The van der Waals surface area contributed by atoms with Crippen LogP contribution in [0.25, 0.3) is 0 Å². The summed E-state index contributed by atoms with van der Waals surface area (Å²) < 4.78 is 11.4. The van der Waals surface area contributed by atoms with Gasteiger partial charge >= 0.3 is 0 Å². The van der Waals surface area contributed by atoms with Crippen molar-refractivity contribution in [3.8, 4) is 0 Å². The molecule has 4 heteroatoms. The summed E-state index contributed by atoms with van der Waals surface area (Å²) in [5, 5.41) is 20.0. The smallest absolute Gasteiger partial charge is 0.0916 e. The number of aliphatic hydroxyl groups is 2. The van der Waals surface area contributed by atoms with Gasteiger partial charge in [0, 0.05) is 11.8 Å². The monoisotopic (exact) mass is 254 g/mol. The van der Waals surface area contributed by atoms with E-state index in [-0.39, 0.29) is 24.0 Å². The van der Waals surface area contributed by atoms with Crippen molar-refractivity contribution in [2.24, 2.45) is 11.8 Å². The van der Waals surface area contributed by atoms with Crippen LogP contribution in [0.3, 0.4) is 0 Å². The zero-order valence-corrected chi connectivity index (χ0v) is 10.6. The van der Waals surface area contributed by atoms with E-state index >= 15 is 0 Å². The molecule has 2 aliphatic rings. The molecule has 0 aromatic rings. The van der Waals surface area contributed by atoms with E-state index in [1.807, 2.05) is 0 Å². The van der Waals surface area contributed by atoms with Gasteiger partial charge in [-0.1, -0.05) is 12.2 Å². The summed E-state index contributed by atoms with van der Waals surface area (Å²) >= 11 is 0. The van der Waals surface area contributed by atoms with Crippen molar-refractivity contribution in [1.29, 1.82) is 0 Å². The summed E-state index contributed by atoms with van der Waals surface area (Å²) in [6, 6.07) is 0. The van der Waals surface area contributed by atoms with Gasteiger partial charge in [-0.3, -0.25) is 0 Å². The molecule has 2 heterocycles. The average molecular weight is 254 g/mol. The predicted molar refractivity (Wildman–Crippen MR) is 68.1 cm³/mol. The summed E-state index contributed by atoms with van der Waals surface area (Å²) in [5.74, 6) is -0.0390. The van der Waals surface area contributed by atoms with Crippen LogP contribution < -0.4 is 0 Å². The van der Waals surface area contributed by atoms with Gasteiger partial charge in [0.15, 0.2) is 0 Å². The Morgan fingerprint density at radius 1 is 0.944 bits per heavy atom. The Labute approximate surface area is 108 Å². The van der Waals surface area contributed by atoms with E-state index in [1.54, 1.807) is 12.2 Å². The van der Waals surface area contributed by atoms with E-state index in [9.17, 15) is 10.2 Å². The molecule has 2 fully saturated rings. The molecule has 102 valence electrons. The van der Waals surface area contributed by atoms with Crippen LogP contribution in [0, 0.1) is 11.8 Å². The summed E-state index contributed by atoms with van der Waals surface area (Å²) in [6.07, 6.45) is 3.32. The maximum absolute atomic E-state index is 10.0. The Morgan fingerprint density at radius 2 is 1.33 bits per heavy atom. The third-order valence-electron chi connectivity index (χ3n) is 3.93. The number of aliphatic hydroxyl groups excluding tert-OH is 2. The van der Waals surface area contributed by atoms with Crippen LogP contribution in [0.2, 0.25) is 0 Å². The highest BCUT2D eigenvalue weighted by atomic mass is 16.6. The van der Waals surface area contributed by atoms with Crippen molar-refractivity contribution in [1.82, 2.24) is 0 Å². The maximum Gasteiger partial charge on any atom is 0.0916 e. The van der Waals surface area contributed by atoms with Crippen molar-refractivity contribution in [2.75, 3.05) is 13.2 Å². The molecule has 2 rings (SSSR count). The van der Waals surface area contributed by atoms with Crippen molar-refractivity contribution < 1.29 is 19.7 Å². The first-order valence-corrected chi connectivity index (χ1v) is 6.50. The number of rotatable bonds is 6. The second kappa shape index (κ2) is 5.97. The van der Waals surface area contributed by atoms with Crippen LogP contribution in [-0.4, -0.2) is 47.8 Å². The van der Waals surface area contributed by atoms with Gasteiger partial charge in [0.25, 0.3) is 0 Å². The highest BCUT2D eigenvalue weighted by Gasteiger charge is 2.51. The van der Waals surface area contributed by atoms with Gasteiger partial charge in [0.2, 0.25) is 0 Å². The first-order valence-electron chi connectivity index (χ1n) is 6.50. The van der Waals surface area contributed by atoms with Gasteiger partial charge < -0.3 is 19.7 Å². The van der Waals surface area contributed by atoms with E-state index < -0.39 is 12.2 Å². The van der Waals surface area contributed by atoms with E-state index in [4.69, 9.17) is 9.47 Å². The van der Waals surface area contributed by atoms with Gasteiger partial charge in [-0.15, -0.1) is 13.2 Å². The molecule has 0 aromatic carbocycles. The minimum Gasteiger partial charge on any atom is -0.392 e. The van der Waals surface area contributed by atoms with Crippen molar-refractivity contribution in [2.45, 2.75) is 37.3 Å². The molecule has 1 unspecified atom stereocenters. The topological polar surface area (TPSA) is 58.9 Å². The molecule has 0 amide bonds. The quantitative estimate of drug-likeness (QED) is 0.691. The molecule has 6 atom stereocenters. The normalized spacial score (nSPS) is 38.1. The Morgan fingerprint density at radius 3 is 1.67 bits per heavy atom. The third-order valence-corrected chi connectivity index (χ3v) is 3.93. The maximum atomic E-state index is 10.0. The summed E-state index contributed by atoms with van der Waals surface area (Å²) in [4.78, 5) is 0. The van der Waals surface area contributed by atoms with E-state index in [0.717, 1.165) is 0 Å². The van der Waals surface area contributed by atoms with Crippen molar-refractivity contribution in [3.05, 3.63) is 25.3 Å². The first kappa shape index (κ1) is 13.7. The summed E-state index contributed by atoms with van der Waals surface area (Å²) in [5.41, 5.74) is 0. The zero-order valence-electron chi connectivity index (χ0n) is 10.6. The Hall–Kier alpha value is -0.680. The summed E-state index contributed by atoms with van der Waals surface area (Å²) in [7, 11) is 0. The zero-order chi connectivity index (χ0) is 13.1. The molecule has 4 nitrogen and oxygen atoms in total. The fourth-order valence-corrected chi connectivity index (χ4v) is 2.91. The molecular formula is C14H22O4. The van der Waals surface area contributed by atoms with Gasteiger partial charge in [-0.2, -0.15) is 0 Å². The molecule has 2 saturated heterocycles. The van der Waals surface area contributed by atoms with E-state index in [0.29, 0.717) is 26.1 Å². The number of fused-ring (bicyclic) bond motifs is 1. The predicted octanol–water partition coefficient (Wildman–Crippen LogP) is 0.890. The molecule has 0 aliphatic carbocycles. The molecule has 0 bridgehead atoms. The third kappa shape index (κ3) is 2.52. The Balaban J connectivity index is 1.98. The van der Waals surface area contributed by atoms with Crippen LogP contribution in [-0.2, 0) is 9.47 Å². The number of hydrogen-bond acceptors (Lipinski definition) is 4. The van der Waals surface area contributed by atoms with Gasteiger partial charge in [0.1, 0.15) is 0 Å². The van der Waals surface area contributed by atoms with Crippen LogP contribution in [0.4, 0.5) is 0 Å². The molecule has 0 spiro atoms. The number of hydrogen-bond donors (Lipinski definition) is 2. The lowest BCUT2D eigenvalue weighted by Crippen LogP contribution is -2.35. The summed E-state index contributed by atoms with van der Waals surface area (Å²) in [6.45, 7) is 8.24. The largest absolute Gasteiger partial charge is 0.392 e. The minimum absolute atomic E-state index is 0.0195. The van der Waals surface area contributed by atoms with Crippen molar-refractivity contribution in [3.63, 3.8) is 0 Å². The molecule has 2 aliphatic heterocycles. The lowest BCUT2D eigenvalue weighted by Gasteiger charge is -2.21. The molecule has 2 N–H and O–H groups in total.